The van der Waals surface area contributed by atoms with Crippen molar-refractivity contribution in [3.05, 3.63) is 53.1 Å². The molecule has 7 heteroatoms. The molecule has 7 nitrogen and oxygen atoms in total. The van der Waals surface area contributed by atoms with Crippen LogP contribution in [0.5, 0.6) is 0 Å². The highest BCUT2D eigenvalue weighted by Crippen LogP contribution is 2.28. The quantitative estimate of drug-likeness (QED) is 0.804. The molecule has 1 aromatic carbocycles. The van der Waals surface area contributed by atoms with Gasteiger partial charge in [0.2, 0.25) is 5.91 Å². The van der Waals surface area contributed by atoms with Crippen LogP contribution in [0.1, 0.15) is 41.5 Å². The average Bonchev–Trinajstić information content (AvgIpc) is 2.73. The average molecular weight is 396 g/mol. The van der Waals surface area contributed by atoms with Crippen molar-refractivity contribution < 1.29 is 9.53 Å². The first kappa shape index (κ1) is 19.8. The fourth-order valence-electron chi connectivity index (χ4n) is 4.17. The highest BCUT2D eigenvalue weighted by Gasteiger charge is 2.24. The van der Waals surface area contributed by atoms with Crippen molar-refractivity contribution in [2.45, 2.75) is 38.3 Å². The molecule has 1 saturated heterocycles. The Kier molecular flexibility index (Phi) is 6.06. The smallest absolute Gasteiger partial charge is 0.217 e. The lowest BCUT2D eigenvalue weighted by Gasteiger charge is -2.33. The molecule has 154 valence electrons. The van der Waals surface area contributed by atoms with E-state index in [0.717, 1.165) is 44.0 Å². The van der Waals surface area contributed by atoms with Crippen molar-refractivity contribution in [2.24, 2.45) is 5.73 Å². The van der Waals surface area contributed by atoms with Crippen molar-refractivity contribution in [1.82, 2.24) is 14.9 Å². The number of fused-ring (bicyclic) bond motifs is 1. The van der Waals surface area contributed by atoms with Gasteiger partial charge in [-0.15, -0.1) is 0 Å². The van der Waals surface area contributed by atoms with E-state index in [-0.39, 0.29) is 18.4 Å². The minimum atomic E-state index is -0.325. The number of carbonyl (C=O) groups excluding carboxylic acids is 1. The van der Waals surface area contributed by atoms with Gasteiger partial charge in [0.05, 0.1) is 24.2 Å². The Bertz CT molecular complexity index is 872. The van der Waals surface area contributed by atoms with Crippen LogP contribution < -0.4 is 10.6 Å². The number of primary amides is 1. The molecule has 4 rings (SSSR count). The van der Waals surface area contributed by atoms with Crippen LogP contribution in [0, 0.1) is 0 Å². The van der Waals surface area contributed by atoms with Crippen LogP contribution in [-0.2, 0) is 28.9 Å². The van der Waals surface area contributed by atoms with E-state index in [9.17, 15) is 4.79 Å². The van der Waals surface area contributed by atoms with Crippen LogP contribution in [0.15, 0.2) is 30.6 Å². The van der Waals surface area contributed by atoms with E-state index in [1.165, 1.54) is 23.2 Å². The SMILES string of the molecule is CN1CCCc2cc(CN3CCOC(c4cncc(CCC(N)=O)n4)C3)ccc21. The number of anilines is 1. The monoisotopic (exact) mass is 395 g/mol. The van der Waals surface area contributed by atoms with Crippen molar-refractivity contribution in [1.29, 1.82) is 0 Å². The lowest BCUT2D eigenvalue weighted by Crippen LogP contribution is -2.38. The van der Waals surface area contributed by atoms with Gasteiger partial charge < -0.3 is 15.4 Å². The predicted molar refractivity (Wildman–Crippen MR) is 112 cm³/mol. The Morgan fingerprint density at radius 2 is 2.21 bits per heavy atom. The summed E-state index contributed by atoms with van der Waals surface area (Å²) in [5.41, 5.74) is 11.0. The predicted octanol–water partition coefficient (Wildman–Crippen LogP) is 1.85. The molecule has 1 unspecified atom stereocenters. The summed E-state index contributed by atoms with van der Waals surface area (Å²) in [4.78, 5) is 24.7. The largest absolute Gasteiger partial charge is 0.374 e. The number of nitrogens with two attached hydrogens (primary N) is 1. The number of aryl methyl sites for hydroxylation is 2. The van der Waals surface area contributed by atoms with Crippen LogP contribution in [-0.4, -0.2) is 54.1 Å². The van der Waals surface area contributed by atoms with E-state index >= 15 is 0 Å². The summed E-state index contributed by atoms with van der Waals surface area (Å²) in [5.74, 6) is -0.325. The van der Waals surface area contributed by atoms with Gasteiger partial charge in [-0.1, -0.05) is 12.1 Å². The second kappa shape index (κ2) is 8.88. The Labute approximate surface area is 171 Å². The zero-order chi connectivity index (χ0) is 20.2. The molecule has 1 amide bonds. The number of hydrogen-bond acceptors (Lipinski definition) is 6. The molecule has 0 radical (unpaired) electrons. The molecule has 0 bridgehead atoms. The van der Waals surface area contributed by atoms with Crippen LogP contribution in [0.4, 0.5) is 5.69 Å². The fourth-order valence-corrected chi connectivity index (χ4v) is 4.17. The van der Waals surface area contributed by atoms with E-state index in [0.29, 0.717) is 13.0 Å². The maximum absolute atomic E-state index is 11.0. The molecule has 29 heavy (non-hydrogen) atoms. The number of aromatic nitrogens is 2. The molecule has 0 spiro atoms. The highest BCUT2D eigenvalue weighted by molar-refractivity contribution is 5.73. The second-order valence-corrected chi connectivity index (χ2v) is 7.98. The molecule has 1 fully saturated rings. The third-order valence-corrected chi connectivity index (χ3v) is 5.71. The summed E-state index contributed by atoms with van der Waals surface area (Å²) in [6.45, 7) is 4.40. The van der Waals surface area contributed by atoms with Gasteiger partial charge >= 0.3 is 0 Å². The summed E-state index contributed by atoms with van der Waals surface area (Å²) in [6.07, 6.45) is 6.52. The highest BCUT2D eigenvalue weighted by atomic mass is 16.5. The van der Waals surface area contributed by atoms with Gasteiger partial charge in [-0.25, -0.2) is 0 Å². The van der Waals surface area contributed by atoms with E-state index in [1.54, 1.807) is 12.4 Å². The summed E-state index contributed by atoms with van der Waals surface area (Å²) in [6, 6.07) is 6.87. The Hall–Kier alpha value is -2.51. The number of rotatable bonds is 6. The second-order valence-electron chi connectivity index (χ2n) is 7.98. The van der Waals surface area contributed by atoms with Crippen molar-refractivity contribution >= 4 is 11.6 Å². The molecular weight excluding hydrogens is 366 g/mol. The molecule has 0 aliphatic carbocycles. The van der Waals surface area contributed by atoms with Gasteiger partial charge in [0.15, 0.2) is 0 Å². The number of amides is 1. The van der Waals surface area contributed by atoms with E-state index in [1.807, 2.05) is 0 Å². The van der Waals surface area contributed by atoms with E-state index in [4.69, 9.17) is 10.5 Å². The van der Waals surface area contributed by atoms with Gasteiger partial charge in [-0.05, 0) is 36.5 Å². The zero-order valence-electron chi connectivity index (χ0n) is 17.0. The Balaban J connectivity index is 1.41. The number of morpholine rings is 1. The summed E-state index contributed by atoms with van der Waals surface area (Å²) in [7, 11) is 2.17. The maximum atomic E-state index is 11.0. The molecular formula is C22H29N5O2. The van der Waals surface area contributed by atoms with Gasteiger partial charge in [0.25, 0.3) is 0 Å². The molecule has 1 atom stereocenters. The van der Waals surface area contributed by atoms with Crippen molar-refractivity contribution in [2.75, 3.05) is 38.2 Å². The van der Waals surface area contributed by atoms with Crippen LogP contribution >= 0.6 is 0 Å². The number of nitrogens with zero attached hydrogens (tertiary/aromatic N) is 4. The Morgan fingerprint density at radius 1 is 1.31 bits per heavy atom. The minimum absolute atomic E-state index is 0.103. The third-order valence-electron chi connectivity index (χ3n) is 5.71. The topological polar surface area (TPSA) is 84.6 Å². The molecule has 2 N–H and O–H groups in total. The van der Waals surface area contributed by atoms with E-state index in [2.05, 4.69) is 45.0 Å². The molecule has 1 aromatic heterocycles. The molecule has 3 heterocycles. The zero-order valence-corrected chi connectivity index (χ0v) is 17.0. The third kappa shape index (κ3) is 4.92. The number of benzene rings is 1. The van der Waals surface area contributed by atoms with Crippen molar-refractivity contribution in [3.63, 3.8) is 0 Å². The summed E-state index contributed by atoms with van der Waals surface area (Å²) in [5, 5.41) is 0. The molecule has 2 aromatic rings. The first-order valence-electron chi connectivity index (χ1n) is 10.3. The number of hydrogen-bond donors (Lipinski definition) is 1. The molecule has 2 aliphatic rings. The van der Waals surface area contributed by atoms with Gasteiger partial charge in [-0.2, -0.15) is 0 Å². The maximum Gasteiger partial charge on any atom is 0.217 e. The lowest BCUT2D eigenvalue weighted by atomic mass is 9.99. The number of ether oxygens (including phenoxy) is 1. The first-order chi connectivity index (χ1) is 14.1. The standard InChI is InChI=1S/C22H29N5O2/c1-26-8-2-3-17-11-16(4-6-20(17)26)14-27-9-10-29-21(15-27)19-13-24-12-18(25-19)5-7-22(23)28/h4,6,11-13,21H,2-3,5,7-10,14-15H2,1H3,(H2,23,28). The fraction of sp³-hybridized carbons (Fsp3) is 0.500. The van der Waals surface area contributed by atoms with Gasteiger partial charge in [0.1, 0.15) is 6.10 Å². The van der Waals surface area contributed by atoms with E-state index < -0.39 is 0 Å². The number of carbonyl (C=O) groups is 1. The molecule has 0 saturated carbocycles. The minimum Gasteiger partial charge on any atom is -0.374 e. The van der Waals surface area contributed by atoms with Gasteiger partial charge in [-0.3, -0.25) is 19.7 Å². The van der Waals surface area contributed by atoms with Gasteiger partial charge in [0, 0.05) is 51.5 Å². The van der Waals surface area contributed by atoms with Crippen molar-refractivity contribution in [3.8, 4) is 0 Å². The van der Waals surface area contributed by atoms with Crippen LogP contribution in [0.3, 0.4) is 0 Å². The Morgan fingerprint density at radius 3 is 3.07 bits per heavy atom. The normalized spacial score (nSPS) is 19.8. The van der Waals surface area contributed by atoms with Crippen LogP contribution in [0.25, 0.3) is 0 Å². The lowest BCUT2D eigenvalue weighted by molar-refractivity contribution is -0.118. The summed E-state index contributed by atoms with van der Waals surface area (Å²) >= 11 is 0. The molecule has 2 aliphatic heterocycles. The van der Waals surface area contributed by atoms with Crippen LogP contribution in [0.2, 0.25) is 0 Å². The first-order valence-corrected chi connectivity index (χ1v) is 10.3. The summed E-state index contributed by atoms with van der Waals surface area (Å²) < 4.78 is 5.97.